The lowest BCUT2D eigenvalue weighted by Gasteiger charge is -2.32. The summed E-state index contributed by atoms with van der Waals surface area (Å²) in [4.78, 5) is 33.6. The molecule has 0 aliphatic heterocycles. The van der Waals surface area contributed by atoms with Crippen LogP contribution in [0.5, 0.6) is 0 Å². The lowest BCUT2D eigenvalue weighted by Crippen LogP contribution is -2.38. The minimum absolute atomic E-state index is 0. The summed E-state index contributed by atoms with van der Waals surface area (Å²) in [5.41, 5.74) is 11.7. The second-order valence-electron chi connectivity index (χ2n) is 10.8. The highest BCUT2D eigenvalue weighted by Crippen LogP contribution is 2.40. The third-order valence-corrected chi connectivity index (χ3v) is 7.24. The van der Waals surface area contributed by atoms with E-state index in [1.807, 2.05) is 92.7 Å². The molecular formula is C35H36ClN5O2. The molecule has 2 N–H and O–H groups in total. The van der Waals surface area contributed by atoms with E-state index < -0.39 is 11.6 Å². The monoisotopic (exact) mass is 593 g/mol. The second-order valence-corrected chi connectivity index (χ2v) is 10.8. The highest BCUT2D eigenvalue weighted by molar-refractivity contribution is 6.00. The average molecular weight is 594 g/mol. The molecule has 1 aromatic carbocycles. The number of nitrogens with zero attached hydrogens (tertiary/aromatic N) is 4. The third kappa shape index (κ3) is 6.33. The molecule has 5 rings (SSSR count). The Morgan fingerprint density at radius 1 is 0.814 bits per heavy atom. The minimum Gasteiger partial charge on any atom is -0.436 e. The van der Waals surface area contributed by atoms with E-state index >= 15 is 0 Å². The summed E-state index contributed by atoms with van der Waals surface area (Å²) < 4.78 is 6.66. The number of carbonyl (C=O) groups is 1. The van der Waals surface area contributed by atoms with Gasteiger partial charge in [-0.2, -0.15) is 0 Å². The van der Waals surface area contributed by atoms with Crippen LogP contribution in [0.1, 0.15) is 63.8 Å². The topological polar surface area (TPSA) is 104 Å². The van der Waals surface area contributed by atoms with E-state index in [9.17, 15) is 4.79 Å². The van der Waals surface area contributed by atoms with Gasteiger partial charge in [-0.05, 0) is 73.7 Å². The van der Waals surface area contributed by atoms with E-state index in [1.54, 1.807) is 18.6 Å². The summed E-state index contributed by atoms with van der Waals surface area (Å²) >= 11 is 0. The van der Waals surface area contributed by atoms with Crippen molar-refractivity contribution in [3.05, 3.63) is 143 Å². The van der Waals surface area contributed by atoms with Gasteiger partial charge in [0.2, 0.25) is 5.60 Å². The molecule has 8 heteroatoms. The van der Waals surface area contributed by atoms with Gasteiger partial charge >= 0.3 is 5.97 Å². The molecule has 0 amide bonds. The molecule has 7 nitrogen and oxygen atoms in total. The Balaban J connectivity index is 0.00000423. The molecule has 0 atom stereocenters. The van der Waals surface area contributed by atoms with Gasteiger partial charge in [0.15, 0.2) is 0 Å². The third-order valence-electron chi connectivity index (χ3n) is 7.24. The van der Waals surface area contributed by atoms with E-state index in [2.05, 4.69) is 28.8 Å². The summed E-state index contributed by atoms with van der Waals surface area (Å²) in [7, 11) is 0. The number of aryl methyl sites for hydroxylation is 2. The summed E-state index contributed by atoms with van der Waals surface area (Å²) in [6.07, 6.45) is 5.74. The smallest absolute Gasteiger partial charge is 0.342 e. The fraction of sp³-hybridized carbons (Fsp3) is 0.229. The first-order chi connectivity index (χ1) is 20.3. The summed E-state index contributed by atoms with van der Waals surface area (Å²) in [5.74, 6) is -0.209. The van der Waals surface area contributed by atoms with Gasteiger partial charge in [-0.1, -0.05) is 61.9 Å². The molecule has 220 valence electrons. The van der Waals surface area contributed by atoms with Crippen molar-refractivity contribution in [2.45, 2.75) is 46.3 Å². The number of rotatable bonds is 9. The van der Waals surface area contributed by atoms with Crippen molar-refractivity contribution in [3.8, 4) is 11.1 Å². The van der Waals surface area contributed by atoms with Crippen LogP contribution in [0.15, 0.2) is 97.5 Å². The Morgan fingerprint density at radius 3 is 1.74 bits per heavy atom. The van der Waals surface area contributed by atoms with Crippen LogP contribution < -0.4 is 5.73 Å². The normalized spacial score (nSPS) is 11.2. The Labute approximate surface area is 259 Å². The van der Waals surface area contributed by atoms with Crippen LogP contribution in [0.25, 0.3) is 11.1 Å². The zero-order valence-electron chi connectivity index (χ0n) is 24.8. The molecule has 0 unspecified atom stereocenters. The molecule has 4 aromatic heterocycles. The zero-order valence-corrected chi connectivity index (χ0v) is 25.6. The highest BCUT2D eigenvalue weighted by atomic mass is 35.5. The molecule has 0 spiro atoms. The maximum Gasteiger partial charge on any atom is 0.342 e. The summed E-state index contributed by atoms with van der Waals surface area (Å²) in [6.45, 7) is 8.40. The van der Waals surface area contributed by atoms with Crippen molar-refractivity contribution < 1.29 is 9.53 Å². The molecule has 43 heavy (non-hydrogen) atoms. The second kappa shape index (κ2) is 13.7. The lowest BCUT2D eigenvalue weighted by atomic mass is 9.88. The van der Waals surface area contributed by atoms with Crippen molar-refractivity contribution >= 4 is 18.4 Å². The maximum absolute atomic E-state index is 14.7. The highest BCUT2D eigenvalue weighted by Gasteiger charge is 2.45. The molecular weight excluding hydrogens is 558 g/mol. The van der Waals surface area contributed by atoms with Gasteiger partial charge < -0.3 is 10.5 Å². The van der Waals surface area contributed by atoms with Gasteiger partial charge in [-0.25, -0.2) is 4.79 Å². The number of ether oxygens (including phenoxy) is 1. The van der Waals surface area contributed by atoms with Crippen molar-refractivity contribution in [2.75, 3.05) is 0 Å². The average Bonchev–Trinajstić information content (AvgIpc) is 3.01. The number of carbonyl (C=O) groups excluding carboxylic acids is 1. The van der Waals surface area contributed by atoms with Crippen LogP contribution in [0, 0.1) is 19.8 Å². The Kier molecular flexibility index (Phi) is 10.0. The summed E-state index contributed by atoms with van der Waals surface area (Å²) in [6, 6.07) is 24.6. The van der Waals surface area contributed by atoms with E-state index in [4.69, 9.17) is 15.5 Å². The number of halogens is 1. The predicted molar refractivity (Wildman–Crippen MR) is 171 cm³/mol. The van der Waals surface area contributed by atoms with Crippen LogP contribution in [-0.4, -0.2) is 25.9 Å². The minimum atomic E-state index is -1.53. The first-order valence-corrected chi connectivity index (χ1v) is 14.1. The number of aromatic nitrogens is 4. The number of benzene rings is 1. The van der Waals surface area contributed by atoms with Gasteiger partial charge in [-0.3, -0.25) is 19.9 Å². The van der Waals surface area contributed by atoms with E-state index in [0.717, 1.165) is 34.4 Å². The van der Waals surface area contributed by atoms with E-state index in [1.165, 1.54) is 0 Å². The molecule has 0 fully saturated rings. The number of hydrogen-bond donors (Lipinski definition) is 1. The van der Waals surface area contributed by atoms with E-state index in [0.29, 0.717) is 34.3 Å². The Morgan fingerprint density at radius 2 is 1.33 bits per heavy atom. The molecule has 0 saturated carbocycles. The first-order valence-electron chi connectivity index (χ1n) is 14.1. The number of esters is 1. The summed E-state index contributed by atoms with van der Waals surface area (Å²) in [5, 5.41) is 0. The van der Waals surface area contributed by atoms with Gasteiger partial charge in [0.05, 0.1) is 28.3 Å². The Bertz CT molecular complexity index is 1570. The molecule has 0 saturated heterocycles. The predicted octanol–water partition coefficient (Wildman–Crippen LogP) is 6.78. The van der Waals surface area contributed by atoms with Crippen molar-refractivity contribution in [1.29, 1.82) is 0 Å². The standard InChI is InChI=1S/C35H35N5O2.ClH/c1-23(2)21-28-27(22-36)33(26-16-14-24(3)15-17-26)32(25(4)40-28)34(41)42-35(29-11-5-8-18-37-29,30-12-6-9-19-38-30)31-13-7-10-20-39-31;/h5-20,23H,21-22,36H2,1-4H3;1H. The first kappa shape index (κ1) is 31.5. The number of pyridine rings is 4. The molecule has 4 heterocycles. The van der Waals surface area contributed by atoms with Crippen molar-refractivity contribution in [3.63, 3.8) is 0 Å². The fourth-order valence-electron chi connectivity index (χ4n) is 5.32. The van der Waals surface area contributed by atoms with Crippen LogP contribution in [0.3, 0.4) is 0 Å². The van der Waals surface area contributed by atoms with Gasteiger partial charge in [0.1, 0.15) is 0 Å². The fourth-order valence-corrected chi connectivity index (χ4v) is 5.32. The zero-order chi connectivity index (χ0) is 29.7. The molecule has 0 aliphatic rings. The van der Waals surface area contributed by atoms with Gasteiger partial charge in [-0.15, -0.1) is 12.4 Å². The van der Waals surface area contributed by atoms with Crippen LogP contribution in [-0.2, 0) is 23.3 Å². The van der Waals surface area contributed by atoms with Gasteiger partial charge in [0.25, 0.3) is 0 Å². The largest absolute Gasteiger partial charge is 0.436 e. The van der Waals surface area contributed by atoms with Crippen molar-refractivity contribution in [1.82, 2.24) is 19.9 Å². The lowest BCUT2D eigenvalue weighted by molar-refractivity contribution is 0.00974. The van der Waals surface area contributed by atoms with Crippen LogP contribution >= 0.6 is 12.4 Å². The van der Waals surface area contributed by atoms with Crippen LogP contribution in [0.4, 0.5) is 0 Å². The molecule has 0 bridgehead atoms. The number of nitrogens with two attached hydrogens (primary N) is 1. The van der Waals surface area contributed by atoms with Gasteiger partial charge in [0, 0.05) is 36.4 Å². The molecule has 0 aliphatic carbocycles. The molecule has 5 aromatic rings. The number of hydrogen-bond acceptors (Lipinski definition) is 7. The quantitative estimate of drug-likeness (QED) is 0.188. The van der Waals surface area contributed by atoms with E-state index in [-0.39, 0.29) is 19.0 Å². The Hall–Kier alpha value is -4.46. The van der Waals surface area contributed by atoms with Crippen molar-refractivity contribution in [2.24, 2.45) is 11.7 Å². The molecule has 0 radical (unpaired) electrons. The SMILES string of the molecule is Cc1ccc(-c2c(CN)c(CC(C)C)nc(C)c2C(=O)OC(c2ccccn2)(c2ccccn2)c2ccccn2)cc1.Cl. The maximum atomic E-state index is 14.7. The van der Waals surface area contributed by atoms with Crippen LogP contribution in [0.2, 0.25) is 0 Å².